The van der Waals surface area contributed by atoms with Gasteiger partial charge in [0.05, 0.1) is 12.6 Å². The third-order valence-corrected chi connectivity index (χ3v) is 3.72. The van der Waals surface area contributed by atoms with Gasteiger partial charge in [-0.15, -0.1) is 0 Å². The van der Waals surface area contributed by atoms with Crippen molar-refractivity contribution in [1.82, 2.24) is 0 Å². The Labute approximate surface area is 113 Å². The first-order chi connectivity index (χ1) is 9.26. The second-order valence-electron chi connectivity index (χ2n) is 5.05. The molecular formula is C16H18N2O. The molecule has 3 heteroatoms. The summed E-state index contributed by atoms with van der Waals surface area (Å²) in [5.41, 5.74) is 11.4. The Bertz CT molecular complexity index is 578. The topological polar surface area (TPSA) is 58.3 Å². The molecule has 0 heterocycles. The molecule has 1 atom stereocenters. The third-order valence-electron chi connectivity index (χ3n) is 3.72. The lowest BCUT2D eigenvalue weighted by molar-refractivity contribution is 0.282. The van der Waals surface area contributed by atoms with E-state index in [4.69, 9.17) is 10.8 Å². The number of aryl methyl sites for hydroxylation is 1. The number of aliphatic hydroxyl groups is 1. The summed E-state index contributed by atoms with van der Waals surface area (Å²) < 4.78 is 0. The van der Waals surface area contributed by atoms with E-state index in [9.17, 15) is 0 Å². The summed E-state index contributed by atoms with van der Waals surface area (Å²) in [6.07, 6.45) is 2.17. The number of benzene rings is 2. The van der Waals surface area contributed by atoms with Crippen LogP contribution in [0.5, 0.6) is 0 Å². The third kappa shape index (κ3) is 2.42. The summed E-state index contributed by atoms with van der Waals surface area (Å²) in [6.45, 7) is 0.0891. The Kier molecular flexibility index (Phi) is 3.13. The standard InChI is InChI=1S/C16H18N2O/c17-13-4-7-15-12(9-13)3-8-16(15)18-14-5-1-11(10-19)2-6-14/h1-2,4-7,9,16,18-19H,3,8,10,17H2. The van der Waals surface area contributed by atoms with Crippen molar-refractivity contribution in [3.63, 3.8) is 0 Å². The molecule has 0 amide bonds. The highest BCUT2D eigenvalue weighted by Gasteiger charge is 2.22. The van der Waals surface area contributed by atoms with Crippen LogP contribution in [0, 0.1) is 0 Å². The average molecular weight is 254 g/mol. The Balaban J connectivity index is 1.78. The Morgan fingerprint density at radius 1 is 1.16 bits per heavy atom. The summed E-state index contributed by atoms with van der Waals surface area (Å²) in [5, 5.41) is 12.6. The molecule has 1 aliphatic rings. The Morgan fingerprint density at radius 3 is 2.68 bits per heavy atom. The van der Waals surface area contributed by atoms with Gasteiger partial charge in [0.25, 0.3) is 0 Å². The maximum absolute atomic E-state index is 9.04. The van der Waals surface area contributed by atoms with E-state index < -0.39 is 0 Å². The van der Waals surface area contributed by atoms with Gasteiger partial charge in [-0.2, -0.15) is 0 Å². The van der Waals surface area contributed by atoms with Gasteiger partial charge in [-0.3, -0.25) is 0 Å². The van der Waals surface area contributed by atoms with E-state index in [-0.39, 0.29) is 6.61 Å². The number of nitrogens with one attached hydrogen (secondary N) is 1. The molecule has 0 spiro atoms. The molecule has 0 aliphatic heterocycles. The van der Waals surface area contributed by atoms with Crippen molar-refractivity contribution in [1.29, 1.82) is 0 Å². The first kappa shape index (κ1) is 12.1. The lowest BCUT2D eigenvalue weighted by atomic mass is 10.1. The lowest BCUT2D eigenvalue weighted by Gasteiger charge is -2.16. The fraction of sp³-hybridized carbons (Fsp3) is 0.250. The van der Waals surface area contributed by atoms with E-state index >= 15 is 0 Å². The van der Waals surface area contributed by atoms with Gasteiger partial charge in [-0.1, -0.05) is 18.2 Å². The first-order valence-corrected chi connectivity index (χ1v) is 6.61. The number of hydrogen-bond acceptors (Lipinski definition) is 3. The molecule has 1 aliphatic carbocycles. The normalized spacial score (nSPS) is 17.2. The molecule has 0 saturated heterocycles. The van der Waals surface area contributed by atoms with Crippen molar-refractivity contribution in [2.75, 3.05) is 11.1 Å². The van der Waals surface area contributed by atoms with Crippen molar-refractivity contribution in [3.8, 4) is 0 Å². The minimum Gasteiger partial charge on any atom is -0.399 e. The molecule has 2 aromatic rings. The second kappa shape index (κ2) is 4.94. The summed E-state index contributed by atoms with van der Waals surface area (Å²) in [4.78, 5) is 0. The van der Waals surface area contributed by atoms with Gasteiger partial charge < -0.3 is 16.2 Å². The second-order valence-corrected chi connectivity index (χ2v) is 5.05. The van der Waals surface area contributed by atoms with Crippen molar-refractivity contribution in [3.05, 3.63) is 59.2 Å². The van der Waals surface area contributed by atoms with E-state index in [0.29, 0.717) is 6.04 Å². The van der Waals surface area contributed by atoms with Crippen LogP contribution >= 0.6 is 0 Å². The van der Waals surface area contributed by atoms with Crippen LogP contribution in [0.2, 0.25) is 0 Å². The molecule has 3 rings (SSSR count). The average Bonchev–Trinajstić information content (AvgIpc) is 2.82. The minimum atomic E-state index is 0.0891. The van der Waals surface area contributed by atoms with Crippen molar-refractivity contribution in [2.24, 2.45) is 0 Å². The highest BCUT2D eigenvalue weighted by atomic mass is 16.3. The van der Waals surface area contributed by atoms with Gasteiger partial charge in [0, 0.05) is 11.4 Å². The minimum absolute atomic E-state index is 0.0891. The van der Waals surface area contributed by atoms with Crippen LogP contribution in [-0.2, 0) is 13.0 Å². The molecule has 2 aromatic carbocycles. The van der Waals surface area contributed by atoms with Gasteiger partial charge in [0.1, 0.15) is 0 Å². The molecule has 0 fully saturated rings. The van der Waals surface area contributed by atoms with Gasteiger partial charge in [0.15, 0.2) is 0 Å². The maximum Gasteiger partial charge on any atom is 0.0681 e. The number of rotatable bonds is 3. The van der Waals surface area contributed by atoms with Crippen LogP contribution in [0.3, 0.4) is 0 Å². The number of hydrogen-bond donors (Lipinski definition) is 3. The van der Waals surface area contributed by atoms with Gasteiger partial charge >= 0.3 is 0 Å². The van der Waals surface area contributed by atoms with Gasteiger partial charge in [0.2, 0.25) is 0 Å². The molecule has 0 bridgehead atoms. The van der Waals surface area contributed by atoms with E-state index in [1.165, 1.54) is 11.1 Å². The van der Waals surface area contributed by atoms with Gasteiger partial charge in [-0.25, -0.2) is 0 Å². The monoisotopic (exact) mass is 254 g/mol. The summed E-state index contributed by atoms with van der Waals surface area (Å²) >= 11 is 0. The number of aliphatic hydroxyl groups excluding tert-OH is 1. The summed E-state index contributed by atoms with van der Waals surface area (Å²) in [6, 6.07) is 14.4. The molecule has 0 saturated carbocycles. The number of nitrogens with two attached hydrogens (primary N) is 1. The van der Waals surface area contributed by atoms with Crippen LogP contribution in [0.25, 0.3) is 0 Å². The highest BCUT2D eigenvalue weighted by Crippen LogP contribution is 2.34. The zero-order chi connectivity index (χ0) is 13.2. The van der Waals surface area contributed by atoms with E-state index in [1.54, 1.807) is 0 Å². The number of fused-ring (bicyclic) bond motifs is 1. The Morgan fingerprint density at radius 2 is 1.95 bits per heavy atom. The quantitative estimate of drug-likeness (QED) is 0.738. The van der Waals surface area contributed by atoms with E-state index in [2.05, 4.69) is 17.4 Å². The van der Waals surface area contributed by atoms with Crippen molar-refractivity contribution >= 4 is 11.4 Å². The number of nitrogen functional groups attached to an aromatic ring is 1. The summed E-state index contributed by atoms with van der Waals surface area (Å²) in [7, 11) is 0. The molecule has 0 aromatic heterocycles. The molecule has 19 heavy (non-hydrogen) atoms. The fourth-order valence-corrected chi connectivity index (χ4v) is 2.69. The molecule has 0 radical (unpaired) electrons. The highest BCUT2D eigenvalue weighted by molar-refractivity contribution is 5.52. The van der Waals surface area contributed by atoms with Crippen LogP contribution in [0.1, 0.15) is 29.2 Å². The van der Waals surface area contributed by atoms with Crippen molar-refractivity contribution in [2.45, 2.75) is 25.5 Å². The number of anilines is 2. The van der Waals surface area contributed by atoms with Crippen LogP contribution in [0.15, 0.2) is 42.5 Å². The zero-order valence-corrected chi connectivity index (χ0v) is 10.8. The SMILES string of the molecule is Nc1ccc2c(c1)CCC2Nc1ccc(CO)cc1. The van der Waals surface area contributed by atoms with Gasteiger partial charge in [-0.05, 0) is 53.8 Å². The zero-order valence-electron chi connectivity index (χ0n) is 10.8. The summed E-state index contributed by atoms with van der Waals surface area (Å²) in [5.74, 6) is 0. The molecule has 4 N–H and O–H groups in total. The first-order valence-electron chi connectivity index (χ1n) is 6.61. The molecule has 1 unspecified atom stereocenters. The maximum atomic E-state index is 9.04. The molecule has 3 nitrogen and oxygen atoms in total. The van der Waals surface area contributed by atoms with Crippen LogP contribution in [-0.4, -0.2) is 5.11 Å². The fourth-order valence-electron chi connectivity index (χ4n) is 2.69. The van der Waals surface area contributed by atoms with E-state index in [1.807, 2.05) is 30.3 Å². The Hall–Kier alpha value is -2.00. The predicted molar refractivity (Wildman–Crippen MR) is 77.9 cm³/mol. The smallest absolute Gasteiger partial charge is 0.0681 e. The van der Waals surface area contributed by atoms with Crippen LogP contribution < -0.4 is 11.1 Å². The van der Waals surface area contributed by atoms with E-state index in [0.717, 1.165) is 29.8 Å². The molecule has 98 valence electrons. The largest absolute Gasteiger partial charge is 0.399 e. The van der Waals surface area contributed by atoms with Crippen molar-refractivity contribution < 1.29 is 5.11 Å². The molecular weight excluding hydrogens is 236 g/mol. The van der Waals surface area contributed by atoms with Crippen LogP contribution in [0.4, 0.5) is 11.4 Å². The lowest BCUT2D eigenvalue weighted by Crippen LogP contribution is -2.07. The predicted octanol–water partition coefficient (Wildman–Crippen LogP) is 2.86.